The molecule has 0 spiro atoms. The van der Waals surface area contributed by atoms with Gasteiger partial charge in [-0.25, -0.2) is 4.79 Å². The summed E-state index contributed by atoms with van der Waals surface area (Å²) in [6.07, 6.45) is 3.24. The van der Waals surface area contributed by atoms with Crippen LogP contribution in [0.4, 0.5) is 0 Å². The lowest BCUT2D eigenvalue weighted by Gasteiger charge is -2.24. The molecule has 19 heteroatoms. The van der Waals surface area contributed by atoms with Gasteiger partial charge in [-0.3, -0.25) is 33.6 Å². The number of unbranched alkanes of at least 4 members (excludes halogenated alkanes) is 2. The smallest absolute Gasteiger partial charge is 0.326 e. The molecule has 0 bridgehead atoms. The highest BCUT2D eigenvalue weighted by Gasteiger charge is 2.28. The Hall–Kier alpha value is -5.14. The molecule has 0 saturated carbocycles. The maximum Gasteiger partial charge on any atom is 0.326 e. The Balaban J connectivity index is 2.79. The van der Waals surface area contributed by atoms with Crippen LogP contribution in [0.25, 0.3) is 0 Å². The quantitative estimate of drug-likeness (QED) is 0.0397. The van der Waals surface area contributed by atoms with E-state index in [-0.39, 0.29) is 25.2 Å². The molecule has 7 amide bonds. The molecule has 0 saturated heterocycles. The van der Waals surface area contributed by atoms with Crippen molar-refractivity contribution in [2.45, 2.75) is 89.4 Å². The Labute approximate surface area is 315 Å². The van der Waals surface area contributed by atoms with Gasteiger partial charge in [0.25, 0.3) is 0 Å². The fraction of sp³-hybridized carbons (Fsp3) is 0.600. The number of rotatable bonds is 27. The monoisotopic (exact) mass is 762 g/mol. The van der Waals surface area contributed by atoms with Crippen LogP contribution >= 0.6 is 0 Å². The van der Waals surface area contributed by atoms with E-state index in [1.165, 1.54) is 0 Å². The topological polar surface area (TPSA) is 319 Å². The van der Waals surface area contributed by atoms with Crippen molar-refractivity contribution in [2.24, 2.45) is 23.1 Å². The zero-order chi connectivity index (χ0) is 40.5. The maximum atomic E-state index is 13.6. The first kappa shape index (κ1) is 46.9. The summed E-state index contributed by atoms with van der Waals surface area (Å²) in [5, 5.41) is 26.5. The lowest BCUT2D eigenvalue weighted by atomic mass is 10.0. The summed E-state index contributed by atoms with van der Waals surface area (Å²) in [6, 6.07) is 4.51. The van der Waals surface area contributed by atoms with Gasteiger partial charge in [-0.05, 0) is 63.1 Å². The van der Waals surface area contributed by atoms with Gasteiger partial charge in [0.2, 0.25) is 41.4 Å². The minimum Gasteiger partial charge on any atom is -0.480 e. The third-order valence-electron chi connectivity index (χ3n) is 7.90. The molecular weight excluding hydrogens is 704 g/mol. The van der Waals surface area contributed by atoms with Crippen LogP contribution in [0.3, 0.4) is 0 Å². The molecule has 0 aliphatic heterocycles. The van der Waals surface area contributed by atoms with Crippen molar-refractivity contribution < 1.29 is 43.5 Å². The second kappa shape index (κ2) is 26.6. The summed E-state index contributed by atoms with van der Waals surface area (Å²) in [7, 11) is 0. The molecule has 0 unspecified atom stereocenters. The van der Waals surface area contributed by atoms with Gasteiger partial charge in [0, 0.05) is 6.42 Å². The molecule has 1 aromatic rings. The third-order valence-corrected chi connectivity index (χ3v) is 7.90. The Morgan fingerprint density at radius 1 is 0.593 bits per heavy atom. The minimum absolute atomic E-state index is 0.0317. The molecule has 1 rings (SSSR count). The molecule has 19 nitrogen and oxygen atoms in total. The number of carboxylic acid groups (broad SMARTS) is 1. The number of carbonyl (C=O) groups is 8. The van der Waals surface area contributed by atoms with Crippen LogP contribution in [-0.4, -0.2) is 116 Å². The van der Waals surface area contributed by atoms with E-state index in [1.54, 1.807) is 30.3 Å². The first-order valence-electron chi connectivity index (χ1n) is 18.1. The number of amides is 7. The molecule has 0 aliphatic carbocycles. The van der Waals surface area contributed by atoms with Gasteiger partial charge < -0.3 is 59.5 Å². The van der Waals surface area contributed by atoms with Gasteiger partial charge in [0.05, 0.1) is 32.2 Å². The number of hydrogen-bond donors (Lipinski definition) is 11. The van der Waals surface area contributed by atoms with E-state index in [9.17, 15) is 43.5 Å². The summed E-state index contributed by atoms with van der Waals surface area (Å²) in [5.74, 6) is -6.03. The summed E-state index contributed by atoms with van der Waals surface area (Å²) in [6.45, 7) is 2.52. The predicted octanol–water partition coefficient (Wildman–Crippen LogP) is -3.14. The average Bonchev–Trinajstić information content (AvgIpc) is 3.13. The van der Waals surface area contributed by atoms with Crippen LogP contribution in [0.5, 0.6) is 0 Å². The number of carbonyl (C=O) groups excluding carboxylic acids is 7. The fourth-order valence-electron chi connectivity index (χ4n) is 4.99. The van der Waals surface area contributed by atoms with Crippen LogP contribution in [0.15, 0.2) is 30.3 Å². The van der Waals surface area contributed by atoms with Gasteiger partial charge in [-0.15, -0.1) is 0 Å². The Bertz CT molecular complexity index is 1380. The highest BCUT2D eigenvalue weighted by Crippen LogP contribution is 2.08. The molecule has 0 heterocycles. The van der Waals surface area contributed by atoms with Crippen LogP contribution in [-0.2, 0) is 44.8 Å². The Morgan fingerprint density at radius 2 is 1.09 bits per heavy atom. The fourth-order valence-corrected chi connectivity index (χ4v) is 4.99. The molecule has 14 N–H and O–H groups in total. The number of nitrogens with two attached hydrogens (primary N) is 3. The van der Waals surface area contributed by atoms with E-state index >= 15 is 0 Å². The predicted molar refractivity (Wildman–Crippen MR) is 199 cm³/mol. The van der Waals surface area contributed by atoms with E-state index in [1.807, 2.05) is 13.8 Å². The summed E-state index contributed by atoms with van der Waals surface area (Å²) in [5.41, 5.74) is 17.4. The highest BCUT2D eigenvalue weighted by atomic mass is 16.4. The highest BCUT2D eigenvalue weighted by molar-refractivity contribution is 5.95. The van der Waals surface area contributed by atoms with Crippen molar-refractivity contribution in [1.82, 2.24) is 37.2 Å². The third kappa shape index (κ3) is 20.8. The number of benzene rings is 1. The van der Waals surface area contributed by atoms with E-state index in [4.69, 9.17) is 17.2 Å². The van der Waals surface area contributed by atoms with Crippen molar-refractivity contribution >= 4 is 47.3 Å². The Kier molecular flexibility index (Phi) is 23.1. The molecule has 54 heavy (non-hydrogen) atoms. The molecule has 4 atom stereocenters. The van der Waals surface area contributed by atoms with Gasteiger partial charge >= 0.3 is 5.97 Å². The van der Waals surface area contributed by atoms with E-state index in [0.29, 0.717) is 50.8 Å². The zero-order valence-electron chi connectivity index (χ0n) is 31.1. The summed E-state index contributed by atoms with van der Waals surface area (Å²) < 4.78 is 0. The molecular formula is C35H58N10O9. The van der Waals surface area contributed by atoms with Crippen LogP contribution in [0.1, 0.15) is 64.4 Å². The standard InChI is InChI=1S/C35H58N10O9/c1-22(2)16-26(33(51)42-21-31(49)43-25(35(53)54)13-7-9-15-37)45-34(52)27(17-23-10-4-3-5-11-23)44-30(48)20-40-28(46)18-39-29(47)19-41-32(50)24(38)12-6-8-14-36/h3-5,10-11,22,24-27H,6-9,12-21,36-38H2,1-2H3,(H,39,47)(H,40,46)(H,41,50)(H,42,51)(H,43,49)(H,44,48)(H,45,52)(H,53,54)/t24-,25-,26-,27-/m0/s1. The number of hydrogen-bond acceptors (Lipinski definition) is 11. The SMILES string of the molecule is CC(C)C[C@H](NC(=O)[C@H](Cc1ccccc1)NC(=O)CNC(=O)CNC(=O)CNC(=O)[C@@H](N)CCCCN)C(=O)NCC(=O)N[C@@H](CCCCN)C(=O)O. The van der Waals surface area contributed by atoms with Crippen LogP contribution < -0.4 is 54.4 Å². The first-order chi connectivity index (χ1) is 25.7. The number of aliphatic carboxylic acids is 1. The largest absolute Gasteiger partial charge is 0.480 e. The van der Waals surface area contributed by atoms with Crippen molar-refractivity contribution in [1.29, 1.82) is 0 Å². The lowest BCUT2D eigenvalue weighted by Crippen LogP contribution is -2.56. The summed E-state index contributed by atoms with van der Waals surface area (Å²) in [4.78, 5) is 100. The number of carboxylic acids is 1. The first-order valence-corrected chi connectivity index (χ1v) is 18.1. The van der Waals surface area contributed by atoms with E-state index in [2.05, 4.69) is 37.2 Å². The van der Waals surface area contributed by atoms with Crippen molar-refractivity contribution in [2.75, 3.05) is 39.3 Å². The van der Waals surface area contributed by atoms with Gasteiger partial charge in [0.15, 0.2) is 0 Å². The molecule has 0 aliphatic rings. The van der Waals surface area contributed by atoms with Crippen molar-refractivity contribution in [3.8, 4) is 0 Å². The van der Waals surface area contributed by atoms with Gasteiger partial charge in [-0.2, -0.15) is 0 Å². The zero-order valence-corrected chi connectivity index (χ0v) is 31.1. The molecule has 0 fully saturated rings. The molecule has 302 valence electrons. The average molecular weight is 763 g/mol. The second-order valence-electron chi connectivity index (χ2n) is 13.1. The van der Waals surface area contributed by atoms with Gasteiger partial charge in [-0.1, -0.05) is 50.6 Å². The summed E-state index contributed by atoms with van der Waals surface area (Å²) >= 11 is 0. The number of nitrogens with one attached hydrogen (secondary N) is 7. The van der Waals surface area contributed by atoms with Crippen molar-refractivity contribution in [3.63, 3.8) is 0 Å². The molecule has 0 aromatic heterocycles. The molecule has 0 radical (unpaired) electrons. The second-order valence-corrected chi connectivity index (χ2v) is 13.1. The van der Waals surface area contributed by atoms with Crippen LogP contribution in [0.2, 0.25) is 0 Å². The van der Waals surface area contributed by atoms with E-state index < -0.39 is 97.7 Å². The van der Waals surface area contributed by atoms with Crippen LogP contribution in [0, 0.1) is 5.92 Å². The maximum absolute atomic E-state index is 13.6. The Morgan fingerprint density at radius 3 is 1.65 bits per heavy atom. The van der Waals surface area contributed by atoms with Gasteiger partial charge in [0.1, 0.15) is 18.1 Å². The van der Waals surface area contributed by atoms with E-state index in [0.717, 1.165) is 0 Å². The molecule has 1 aromatic carbocycles. The minimum atomic E-state index is -1.22. The lowest BCUT2D eigenvalue weighted by molar-refractivity contribution is -0.142. The normalized spacial score (nSPS) is 13.0. The van der Waals surface area contributed by atoms with Crippen molar-refractivity contribution in [3.05, 3.63) is 35.9 Å².